The Kier molecular flexibility index (Phi) is 7.54. The molecule has 1 amide bonds. The van der Waals surface area contributed by atoms with Crippen LogP contribution >= 0.6 is 0 Å². The van der Waals surface area contributed by atoms with Crippen LogP contribution < -0.4 is 10.1 Å². The first-order chi connectivity index (χ1) is 16.5. The average molecular weight is 461 g/mol. The van der Waals surface area contributed by atoms with Crippen molar-refractivity contribution >= 4 is 11.6 Å². The maximum absolute atomic E-state index is 14.1. The number of pyridine rings is 1. The molecule has 0 radical (unpaired) electrons. The van der Waals surface area contributed by atoms with E-state index in [1.807, 2.05) is 78.1 Å². The van der Waals surface area contributed by atoms with Crippen LogP contribution in [0, 0.1) is 5.82 Å². The lowest BCUT2D eigenvalue weighted by atomic mass is 9.92. The Hall–Kier alpha value is -3.71. The summed E-state index contributed by atoms with van der Waals surface area (Å²) in [5.74, 6) is -0.153. The molecule has 0 fully saturated rings. The lowest BCUT2D eigenvalue weighted by molar-refractivity contribution is -0.121. The first-order valence-corrected chi connectivity index (χ1v) is 11.3. The van der Waals surface area contributed by atoms with Gasteiger partial charge in [0.25, 0.3) is 0 Å². The molecule has 0 aliphatic carbocycles. The van der Waals surface area contributed by atoms with Crippen LogP contribution in [0.1, 0.15) is 29.2 Å². The Labute approximate surface area is 199 Å². The maximum atomic E-state index is 14.1. The summed E-state index contributed by atoms with van der Waals surface area (Å²) in [7, 11) is 3.91. The van der Waals surface area contributed by atoms with Crippen molar-refractivity contribution in [3.8, 4) is 5.75 Å². The monoisotopic (exact) mass is 460 g/mol. The highest BCUT2D eigenvalue weighted by molar-refractivity contribution is 5.77. The van der Waals surface area contributed by atoms with Gasteiger partial charge in [0.2, 0.25) is 5.91 Å². The fraction of sp³-hybridized carbons (Fsp3) is 0.259. The van der Waals surface area contributed by atoms with Crippen LogP contribution in [0.2, 0.25) is 0 Å². The summed E-state index contributed by atoms with van der Waals surface area (Å²) in [4.78, 5) is 19.4. The molecule has 4 rings (SSSR count). The summed E-state index contributed by atoms with van der Waals surface area (Å²) in [6.45, 7) is 1.71. The van der Waals surface area contributed by atoms with Crippen LogP contribution in [0.15, 0.2) is 79.1 Å². The molecule has 176 valence electrons. The van der Waals surface area contributed by atoms with E-state index in [4.69, 9.17) is 4.74 Å². The highest BCUT2D eigenvalue weighted by Crippen LogP contribution is 2.31. The summed E-state index contributed by atoms with van der Waals surface area (Å²) in [5, 5.41) is 2.96. The second-order valence-corrected chi connectivity index (χ2v) is 8.49. The van der Waals surface area contributed by atoms with Crippen LogP contribution in [0.4, 0.5) is 4.39 Å². The van der Waals surface area contributed by atoms with Crippen molar-refractivity contribution in [2.45, 2.75) is 18.9 Å². The van der Waals surface area contributed by atoms with Crippen molar-refractivity contribution < 1.29 is 13.9 Å². The average Bonchev–Trinajstić information content (AvgIpc) is 3.26. The molecule has 0 saturated carbocycles. The largest absolute Gasteiger partial charge is 0.485 e. The van der Waals surface area contributed by atoms with Gasteiger partial charge in [-0.2, -0.15) is 0 Å². The number of halogens is 1. The third-order valence-corrected chi connectivity index (χ3v) is 5.64. The number of hydrogen-bond acceptors (Lipinski definition) is 4. The van der Waals surface area contributed by atoms with Crippen molar-refractivity contribution in [2.24, 2.45) is 0 Å². The quantitative estimate of drug-likeness (QED) is 0.384. The highest BCUT2D eigenvalue weighted by atomic mass is 19.1. The van der Waals surface area contributed by atoms with Crippen LogP contribution in [0.25, 0.3) is 5.65 Å². The second-order valence-electron chi connectivity index (χ2n) is 8.49. The first-order valence-electron chi connectivity index (χ1n) is 11.3. The number of benzene rings is 2. The molecule has 0 aliphatic rings. The molecular weight excluding hydrogens is 431 g/mol. The van der Waals surface area contributed by atoms with E-state index >= 15 is 0 Å². The highest BCUT2D eigenvalue weighted by Gasteiger charge is 2.23. The third kappa shape index (κ3) is 5.80. The molecular formula is C27H29FN4O2. The number of imidazole rings is 1. The number of aromatic nitrogens is 2. The van der Waals surface area contributed by atoms with Crippen LogP contribution in [0.3, 0.4) is 0 Å². The van der Waals surface area contributed by atoms with E-state index in [1.54, 1.807) is 12.3 Å². The zero-order valence-corrected chi connectivity index (χ0v) is 19.4. The van der Waals surface area contributed by atoms with E-state index in [-0.39, 0.29) is 24.1 Å². The molecule has 2 aromatic carbocycles. The van der Waals surface area contributed by atoms with Gasteiger partial charge in [-0.3, -0.25) is 4.79 Å². The van der Waals surface area contributed by atoms with Gasteiger partial charge in [0.1, 0.15) is 12.4 Å². The molecule has 7 heteroatoms. The number of hydrogen-bond donors (Lipinski definition) is 1. The summed E-state index contributed by atoms with van der Waals surface area (Å²) in [5.41, 5.74) is 3.24. The Morgan fingerprint density at radius 2 is 1.94 bits per heavy atom. The minimum Gasteiger partial charge on any atom is -0.485 e. The van der Waals surface area contributed by atoms with E-state index in [0.717, 1.165) is 23.4 Å². The molecule has 2 aromatic heterocycles. The Bertz CT molecular complexity index is 1240. The van der Waals surface area contributed by atoms with Crippen molar-refractivity contribution in [1.29, 1.82) is 0 Å². The standard InChI is InChI=1S/C27H29FN4O2/c1-31(2)15-13-29-26(33)17-23(21-10-6-11-22(28)16-21)24-18-30-27-25(12-7-14-32(24)27)34-19-20-8-4-3-5-9-20/h3-12,14,16,18,23H,13,15,17,19H2,1-2H3,(H,29,33). The van der Waals surface area contributed by atoms with Crippen molar-refractivity contribution in [3.63, 3.8) is 0 Å². The minimum absolute atomic E-state index is 0.0949. The molecule has 0 spiro atoms. The van der Waals surface area contributed by atoms with Crippen LogP contribution in [-0.4, -0.2) is 47.4 Å². The Morgan fingerprint density at radius 3 is 2.71 bits per heavy atom. The number of carbonyl (C=O) groups excluding carboxylic acids is 1. The zero-order valence-electron chi connectivity index (χ0n) is 19.4. The number of nitrogens with one attached hydrogen (secondary N) is 1. The number of carbonyl (C=O) groups is 1. The SMILES string of the molecule is CN(C)CCNC(=O)CC(c1cccc(F)c1)c1cnc2c(OCc3ccccc3)cccn12. The van der Waals surface area contributed by atoms with Crippen molar-refractivity contribution in [2.75, 3.05) is 27.2 Å². The summed E-state index contributed by atoms with van der Waals surface area (Å²) in [6, 6.07) is 20.1. The van der Waals surface area contributed by atoms with Crippen molar-refractivity contribution in [3.05, 3.63) is 102 Å². The fourth-order valence-electron chi connectivity index (χ4n) is 3.90. The molecule has 2 heterocycles. The Morgan fingerprint density at radius 1 is 1.12 bits per heavy atom. The molecule has 6 nitrogen and oxygen atoms in total. The topological polar surface area (TPSA) is 58.9 Å². The predicted octanol–water partition coefficient (Wildman–Crippen LogP) is 4.25. The molecule has 0 aliphatic heterocycles. The van der Waals surface area contributed by atoms with Gasteiger partial charge in [0.05, 0.1) is 5.69 Å². The molecule has 1 atom stereocenters. The molecule has 1 unspecified atom stereocenters. The van der Waals surface area contributed by atoms with E-state index in [0.29, 0.717) is 24.5 Å². The summed E-state index contributed by atoms with van der Waals surface area (Å²) >= 11 is 0. The molecule has 0 bridgehead atoms. The van der Waals surface area contributed by atoms with Gasteiger partial charge in [0, 0.05) is 37.8 Å². The van der Waals surface area contributed by atoms with E-state index in [1.165, 1.54) is 12.1 Å². The third-order valence-electron chi connectivity index (χ3n) is 5.64. The summed E-state index contributed by atoms with van der Waals surface area (Å²) in [6.07, 6.45) is 3.82. The van der Waals surface area contributed by atoms with E-state index in [2.05, 4.69) is 10.3 Å². The van der Waals surface area contributed by atoms with Gasteiger partial charge >= 0.3 is 0 Å². The number of rotatable bonds is 10. The molecule has 4 aromatic rings. The van der Waals surface area contributed by atoms with Crippen LogP contribution in [0.5, 0.6) is 5.75 Å². The number of amides is 1. The van der Waals surface area contributed by atoms with Gasteiger partial charge in [-0.25, -0.2) is 9.37 Å². The molecule has 0 saturated heterocycles. The number of likely N-dealkylation sites (N-methyl/N-ethyl adjacent to an activating group) is 1. The molecule has 1 N–H and O–H groups in total. The predicted molar refractivity (Wildman–Crippen MR) is 130 cm³/mol. The minimum atomic E-state index is -0.366. The maximum Gasteiger partial charge on any atom is 0.221 e. The smallest absolute Gasteiger partial charge is 0.221 e. The van der Waals surface area contributed by atoms with Gasteiger partial charge in [-0.1, -0.05) is 42.5 Å². The number of nitrogens with zero attached hydrogens (tertiary/aromatic N) is 3. The van der Waals surface area contributed by atoms with Gasteiger partial charge < -0.3 is 19.4 Å². The fourth-order valence-corrected chi connectivity index (χ4v) is 3.90. The van der Waals surface area contributed by atoms with E-state index in [9.17, 15) is 9.18 Å². The van der Waals surface area contributed by atoms with Gasteiger partial charge in [-0.05, 0) is 49.5 Å². The van der Waals surface area contributed by atoms with E-state index < -0.39 is 0 Å². The Balaban J connectivity index is 1.62. The summed E-state index contributed by atoms with van der Waals surface area (Å²) < 4.78 is 22.1. The second kappa shape index (κ2) is 10.9. The first kappa shape index (κ1) is 23.4. The lowest BCUT2D eigenvalue weighted by Crippen LogP contribution is -2.32. The molecule has 34 heavy (non-hydrogen) atoms. The van der Waals surface area contributed by atoms with Crippen LogP contribution in [-0.2, 0) is 11.4 Å². The number of ether oxygens (including phenoxy) is 1. The normalized spacial score (nSPS) is 12.1. The lowest BCUT2D eigenvalue weighted by Gasteiger charge is -2.18. The van der Waals surface area contributed by atoms with Gasteiger partial charge in [0.15, 0.2) is 11.4 Å². The van der Waals surface area contributed by atoms with Gasteiger partial charge in [-0.15, -0.1) is 0 Å². The number of fused-ring (bicyclic) bond motifs is 1. The zero-order chi connectivity index (χ0) is 23.9. The van der Waals surface area contributed by atoms with Crippen molar-refractivity contribution in [1.82, 2.24) is 19.6 Å².